The lowest BCUT2D eigenvalue weighted by atomic mass is 10.2. The number of hydrogen-bond donors (Lipinski definition) is 1. The molecule has 0 saturated heterocycles. The largest absolute Gasteiger partial charge is 0.248 e. The standard InChI is InChI=1S/C6H14.CHNS/c1-3-5-6-4-2;2-1-3/h3-6H2,1-2H3;2H. The zero-order valence-electron chi connectivity index (χ0n) is 6.24. The first-order valence-corrected chi connectivity index (χ1v) is 3.78. The second-order valence-corrected chi connectivity index (χ2v) is 2.01. The average molecular weight is 145 g/mol. The van der Waals surface area contributed by atoms with Crippen molar-refractivity contribution < 1.29 is 0 Å². The maximum Gasteiger partial charge on any atom is 0.0554 e. The Morgan fingerprint density at radius 3 is 1.56 bits per heavy atom. The first-order valence-electron chi connectivity index (χ1n) is 3.37. The van der Waals surface area contributed by atoms with Crippen LogP contribution in [0.3, 0.4) is 0 Å². The second-order valence-electron chi connectivity index (χ2n) is 1.81. The number of isothiocyanates is 1. The van der Waals surface area contributed by atoms with E-state index in [4.69, 9.17) is 5.41 Å². The summed E-state index contributed by atoms with van der Waals surface area (Å²) in [6.07, 6.45) is 5.54. The lowest BCUT2D eigenvalue weighted by Gasteiger charge is -1.86. The van der Waals surface area contributed by atoms with Gasteiger partial charge in [0.15, 0.2) is 0 Å². The molecule has 0 aliphatic rings. The van der Waals surface area contributed by atoms with Crippen molar-refractivity contribution in [3.63, 3.8) is 0 Å². The molecule has 0 aromatic rings. The average Bonchev–Trinajstić information content (AvgIpc) is 1.86. The Hall–Kier alpha value is -0.200. The summed E-state index contributed by atoms with van der Waals surface area (Å²) in [6.45, 7) is 4.46. The maximum absolute atomic E-state index is 5.77. The van der Waals surface area contributed by atoms with E-state index >= 15 is 0 Å². The van der Waals surface area contributed by atoms with Crippen LogP contribution in [0.15, 0.2) is 0 Å². The molecule has 0 fully saturated rings. The molecule has 0 aliphatic carbocycles. The highest BCUT2D eigenvalue weighted by atomic mass is 32.1. The summed E-state index contributed by atoms with van der Waals surface area (Å²) in [5.74, 6) is 0. The topological polar surface area (TPSA) is 23.9 Å². The van der Waals surface area contributed by atoms with E-state index in [2.05, 4.69) is 26.1 Å². The zero-order valence-corrected chi connectivity index (χ0v) is 7.05. The Bertz CT molecular complexity index is 61.3. The number of rotatable bonds is 3. The lowest BCUT2D eigenvalue weighted by Crippen LogP contribution is -1.66. The molecule has 54 valence electrons. The van der Waals surface area contributed by atoms with Gasteiger partial charge >= 0.3 is 0 Å². The van der Waals surface area contributed by atoms with Crippen molar-refractivity contribution >= 4 is 17.4 Å². The molecule has 0 saturated carbocycles. The van der Waals surface area contributed by atoms with Crippen LogP contribution in [0.5, 0.6) is 0 Å². The van der Waals surface area contributed by atoms with Gasteiger partial charge in [-0.25, -0.2) is 5.41 Å². The third-order valence-electron chi connectivity index (χ3n) is 0.957. The van der Waals surface area contributed by atoms with Gasteiger partial charge in [-0.2, -0.15) is 0 Å². The fraction of sp³-hybridized carbons (Fsp3) is 0.857. The molecule has 0 spiro atoms. The normalized spacial score (nSPS) is 6.89. The Kier molecular flexibility index (Phi) is 20.1. The third kappa shape index (κ3) is 33.5. The highest BCUT2D eigenvalue weighted by Crippen LogP contribution is 1.95. The fourth-order valence-electron chi connectivity index (χ4n) is 0.500. The van der Waals surface area contributed by atoms with Crippen molar-refractivity contribution in [3.05, 3.63) is 0 Å². The van der Waals surface area contributed by atoms with E-state index in [-0.39, 0.29) is 0 Å². The van der Waals surface area contributed by atoms with E-state index in [0.29, 0.717) is 0 Å². The van der Waals surface area contributed by atoms with Gasteiger partial charge in [0.2, 0.25) is 0 Å². The monoisotopic (exact) mass is 145 g/mol. The summed E-state index contributed by atoms with van der Waals surface area (Å²) in [7, 11) is 0. The van der Waals surface area contributed by atoms with Crippen molar-refractivity contribution in [3.8, 4) is 0 Å². The number of unbranched alkanes of at least 4 members (excludes halogenated alkanes) is 3. The van der Waals surface area contributed by atoms with Crippen molar-refractivity contribution in [1.29, 1.82) is 5.41 Å². The molecule has 9 heavy (non-hydrogen) atoms. The minimum atomic E-state index is 1.36. The van der Waals surface area contributed by atoms with Gasteiger partial charge in [0.25, 0.3) is 0 Å². The van der Waals surface area contributed by atoms with E-state index in [1.54, 1.807) is 5.16 Å². The van der Waals surface area contributed by atoms with Crippen LogP contribution in [0.25, 0.3) is 0 Å². The molecule has 1 N–H and O–H groups in total. The molecule has 0 aliphatic heterocycles. The molecule has 0 radical (unpaired) electrons. The fourth-order valence-corrected chi connectivity index (χ4v) is 0.500. The van der Waals surface area contributed by atoms with Gasteiger partial charge in [0.05, 0.1) is 5.16 Å². The molecule has 2 heteroatoms. The minimum absolute atomic E-state index is 1.36. The summed E-state index contributed by atoms with van der Waals surface area (Å²) < 4.78 is 0. The molecule has 0 heterocycles. The maximum atomic E-state index is 5.77. The Morgan fingerprint density at radius 1 is 1.22 bits per heavy atom. The van der Waals surface area contributed by atoms with Gasteiger partial charge in [0.1, 0.15) is 0 Å². The van der Waals surface area contributed by atoms with Crippen LogP contribution < -0.4 is 0 Å². The van der Waals surface area contributed by atoms with E-state index in [0.717, 1.165) is 0 Å². The number of hydrogen-bond acceptors (Lipinski definition) is 2. The second kappa shape index (κ2) is 15.7. The highest BCUT2D eigenvalue weighted by Gasteiger charge is 1.75. The van der Waals surface area contributed by atoms with E-state index in [9.17, 15) is 0 Å². The molecule has 0 aromatic heterocycles. The van der Waals surface area contributed by atoms with E-state index in [1.165, 1.54) is 25.7 Å². The highest BCUT2D eigenvalue weighted by molar-refractivity contribution is 7.78. The van der Waals surface area contributed by atoms with Gasteiger partial charge in [-0.3, -0.25) is 0 Å². The van der Waals surface area contributed by atoms with Crippen LogP contribution >= 0.6 is 12.2 Å². The van der Waals surface area contributed by atoms with Crippen LogP contribution in [-0.4, -0.2) is 5.16 Å². The van der Waals surface area contributed by atoms with Gasteiger partial charge < -0.3 is 0 Å². The first-order chi connectivity index (χ1) is 4.33. The van der Waals surface area contributed by atoms with Crippen LogP contribution in [-0.2, 0) is 0 Å². The summed E-state index contributed by atoms with van der Waals surface area (Å²) in [4.78, 5) is 0. The summed E-state index contributed by atoms with van der Waals surface area (Å²) in [6, 6.07) is 0. The SMILES string of the molecule is CCCCCC.N=C=S. The Morgan fingerprint density at radius 2 is 1.44 bits per heavy atom. The quantitative estimate of drug-likeness (QED) is 0.368. The van der Waals surface area contributed by atoms with Crippen molar-refractivity contribution in [1.82, 2.24) is 0 Å². The van der Waals surface area contributed by atoms with E-state index < -0.39 is 0 Å². The number of thiocarbonyl (C=S) groups is 1. The van der Waals surface area contributed by atoms with Gasteiger partial charge in [-0.05, 0) is 12.2 Å². The van der Waals surface area contributed by atoms with Crippen LogP contribution in [0.1, 0.15) is 39.5 Å². The molecular formula is C7H15NS. The smallest absolute Gasteiger partial charge is 0.0554 e. The Labute approximate surface area is 63.0 Å². The molecule has 0 atom stereocenters. The molecule has 0 unspecified atom stereocenters. The molecule has 0 aromatic carbocycles. The van der Waals surface area contributed by atoms with Crippen molar-refractivity contribution in [2.75, 3.05) is 0 Å². The lowest BCUT2D eigenvalue weighted by molar-refractivity contribution is 0.702. The van der Waals surface area contributed by atoms with Crippen molar-refractivity contribution in [2.45, 2.75) is 39.5 Å². The minimum Gasteiger partial charge on any atom is -0.248 e. The first kappa shape index (κ1) is 11.6. The van der Waals surface area contributed by atoms with Gasteiger partial charge in [-0.1, -0.05) is 39.5 Å². The molecule has 1 nitrogen and oxygen atoms in total. The van der Waals surface area contributed by atoms with Gasteiger partial charge in [-0.15, -0.1) is 0 Å². The summed E-state index contributed by atoms with van der Waals surface area (Å²) in [5, 5.41) is 7.36. The number of nitrogens with one attached hydrogen (secondary N) is 1. The summed E-state index contributed by atoms with van der Waals surface area (Å²) in [5.41, 5.74) is 0. The summed E-state index contributed by atoms with van der Waals surface area (Å²) >= 11 is 3.81. The van der Waals surface area contributed by atoms with Crippen LogP contribution in [0, 0.1) is 5.41 Å². The van der Waals surface area contributed by atoms with Crippen molar-refractivity contribution in [2.24, 2.45) is 0 Å². The predicted molar refractivity (Wildman–Crippen MR) is 45.1 cm³/mol. The van der Waals surface area contributed by atoms with E-state index in [1.807, 2.05) is 0 Å². The third-order valence-corrected chi connectivity index (χ3v) is 0.957. The molecular weight excluding hydrogens is 130 g/mol. The molecule has 0 bridgehead atoms. The zero-order chi connectivity index (χ0) is 7.54. The molecule has 0 rings (SSSR count). The predicted octanol–water partition coefficient (Wildman–Crippen LogP) is 3.25. The van der Waals surface area contributed by atoms with Crippen LogP contribution in [0.4, 0.5) is 0 Å². The molecule has 0 amide bonds. The van der Waals surface area contributed by atoms with Gasteiger partial charge in [0, 0.05) is 0 Å². The van der Waals surface area contributed by atoms with Crippen LogP contribution in [0.2, 0.25) is 0 Å². The Balaban J connectivity index is 0.